The number of hydrogen-bond donors (Lipinski definition) is 3. The van der Waals surface area contributed by atoms with Gasteiger partial charge in [-0.05, 0) is 60.1 Å². The molecular formula is C16H21IN4O4. The van der Waals surface area contributed by atoms with Crippen molar-refractivity contribution in [1.29, 1.82) is 0 Å². The molecular weight excluding hydrogens is 439 g/mol. The molecule has 4 atom stereocenters. The van der Waals surface area contributed by atoms with Gasteiger partial charge in [0.05, 0.1) is 15.9 Å². The summed E-state index contributed by atoms with van der Waals surface area (Å²) in [5.41, 5.74) is 0. The van der Waals surface area contributed by atoms with Crippen LogP contribution >= 0.6 is 22.6 Å². The lowest BCUT2D eigenvalue weighted by Gasteiger charge is -2.35. The van der Waals surface area contributed by atoms with E-state index in [0.717, 1.165) is 22.4 Å². The standard InChI is InChI=1S/C16H21IN4O4/c17-12-7-18-14(19-12)11-6-9-5-10(9)21(11)15(22)13(20-16(23)24)8-1-3-25-4-2-8/h7-11,13,20H,1-6H2,(H,18,19)(H,23,24)/t9-,10-,11+,13+/m1/s1. The van der Waals surface area contributed by atoms with Gasteiger partial charge in [-0.2, -0.15) is 0 Å². The Morgan fingerprint density at radius 2 is 2.16 bits per heavy atom. The molecule has 0 spiro atoms. The van der Waals surface area contributed by atoms with E-state index >= 15 is 0 Å². The van der Waals surface area contributed by atoms with Gasteiger partial charge in [0.2, 0.25) is 5.91 Å². The van der Waals surface area contributed by atoms with Crippen LogP contribution in [0.1, 0.15) is 37.5 Å². The van der Waals surface area contributed by atoms with Crippen molar-refractivity contribution in [1.82, 2.24) is 20.2 Å². The van der Waals surface area contributed by atoms with Crippen LogP contribution in [0.5, 0.6) is 0 Å². The summed E-state index contributed by atoms with van der Waals surface area (Å²) in [6.07, 6.45) is 3.90. The molecule has 3 fully saturated rings. The van der Waals surface area contributed by atoms with E-state index in [-0.39, 0.29) is 23.9 Å². The Kier molecular flexibility index (Phi) is 4.61. The molecule has 0 radical (unpaired) electrons. The van der Waals surface area contributed by atoms with Gasteiger partial charge in [0, 0.05) is 19.3 Å². The number of aromatic nitrogens is 2. The monoisotopic (exact) mass is 460 g/mol. The highest BCUT2D eigenvalue weighted by molar-refractivity contribution is 14.1. The lowest BCUT2D eigenvalue weighted by Crippen LogP contribution is -2.53. The molecule has 3 heterocycles. The van der Waals surface area contributed by atoms with Crippen molar-refractivity contribution in [2.45, 2.75) is 43.8 Å². The van der Waals surface area contributed by atoms with Crippen LogP contribution in [-0.4, -0.2) is 57.3 Å². The number of fused-ring (bicyclic) bond motifs is 1. The van der Waals surface area contributed by atoms with Gasteiger partial charge >= 0.3 is 6.09 Å². The Bertz CT molecular complexity index is 675. The molecule has 1 aliphatic carbocycles. The van der Waals surface area contributed by atoms with Crippen LogP contribution in [0.25, 0.3) is 0 Å². The van der Waals surface area contributed by atoms with Crippen molar-refractivity contribution in [3.8, 4) is 0 Å². The first-order chi connectivity index (χ1) is 12.0. The molecule has 1 aromatic rings. The lowest BCUT2D eigenvalue weighted by atomic mass is 9.90. The summed E-state index contributed by atoms with van der Waals surface area (Å²) >= 11 is 2.17. The minimum absolute atomic E-state index is 0.0208. The molecule has 0 aromatic carbocycles. The van der Waals surface area contributed by atoms with E-state index in [4.69, 9.17) is 4.74 Å². The third-order valence-corrected chi connectivity index (χ3v) is 6.07. The second kappa shape index (κ2) is 6.75. The molecule has 136 valence electrons. The summed E-state index contributed by atoms with van der Waals surface area (Å²) < 4.78 is 6.30. The Labute approximate surface area is 158 Å². The minimum atomic E-state index is -1.15. The van der Waals surface area contributed by atoms with Gasteiger partial charge in [-0.25, -0.2) is 9.78 Å². The summed E-state index contributed by atoms with van der Waals surface area (Å²) in [7, 11) is 0. The van der Waals surface area contributed by atoms with Gasteiger partial charge in [-0.1, -0.05) is 0 Å². The number of ether oxygens (including phenoxy) is 1. The summed E-state index contributed by atoms with van der Waals surface area (Å²) in [5, 5.41) is 11.7. The highest BCUT2D eigenvalue weighted by Crippen LogP contribution is 2.53. The summed E-state index contributed by atoms with van der Waals surface area (Å²) in [6.45, 7) is 1.14. The highest BCUT2D eigenvalue weighted by atomic mass is 127. The third kappa shape index (κ3) is 3.35. The topological polar surface area (TPSA) is 108 Å². The van der Waals surface area contributed by atoms with Crippen molar-refractivity contribution >= 4 is 34.6 Å². The van der Waals surface area contributed by atoms with E-state index in [2.05, 4.69) is 37.9 Å². The maximum absolute atomic E-state index is 13.3. The van der Waals surface area contributed by atoms with Gasteiger partial charge in [0.1, 0.15) is 11.9 Å². The molecule has 9 heteroatoms. The van der Waals surface area contributed by atoms with E-state index in [9.17, 15) is 14.7 Å². The summed E-state index contributed by atoms with van der Waals surface area (Å²) in [5.74, 6) is 1.17. The Morgan fingerprint density at radius 3 is 2.80 bits per heavy atom. The molecule has 1 aromatic heterocycles. The normalized spacial score (nSPS) is 30.0. The maximum Gasteiger partial charge on any atom is 0.405 e. The van der Waals surface area contributed by atoms with Gasteiger partial charge in [0.15, 0.2) is 0 Å². The Hall–Kier alpha value is -1.36. The molecule has 3 N–H and O–H groups in total. The van der Waals surface area contributed by atoms with Gasteiger partial charge in [-0.3, -0.25) is 4.79 Å². The van der Waals surface area contributed by atoms with Crippen LogP contribution in [0.15, 0.2) is 6.20 Å². The number of aromatic amines is 1. The molecule has 8 nitrogen and oxygen atoms in total. The van der Waals surface area contributed by atoms with Crippen LogP contribution in [0.4, 0.5) is 4.79 Å². The molecule has 0 bridgehead atoms. The average Bonchev–Trinajstić information content (AvgIpc) is 3.05. The van der Waals surface area contributed by atoms with Crippen molar-refractivity contribution in [3.63, 3.8) is 0 Å². The number of carbonyl (C=O) groups excluding carboxylic acids is 1. The molecule has 3 aliphatic rings. The molecule has 1 saturated carbocycles. The van der Waals surface area contributed by atoms with Crippen LogP contribution in [0.2, 0.25) is 0 Å². The van der Waals surface area contributed by atoms with E-state index < -0.39 is 12.1 Å². The molecule has 25 heavy (non-hydrogen) atoms. The van der Waals surface area contributed by atoms with E-state index in [1.807, 2.05) is 4.90 Å². The SMILES string of the molecule is O=C(O)N[C@H](C(=O)N1[C@@H]2C[C@@H]2C[C@H]1c1ncc(I)[nH]1)C1CCOCC1. The number of carbonyl (C=O) groups is 2. The van der Waals surface area contributed by atoms with Gasteiger partial charge in [0.25, 0.3) is 0 Å². The van der Waals surface area contributed by atoms with Crippen LogP contribution in [0, 0.1) is 15.5 Å². The third-order valence-electron chi connectivity index (χ3n) is 5.52. The zero-order valence-corrected chi connectivity index (χ0v) is 15.8. The van der Waals surface area contributed by atoms with Crippen LogP contribution in [-0.2, 0) is 9.53 Å². The number of imidazole rings is 1. The smallest absolute Gasteiger partial charge is 0.405 e. The quantitative estimate of drug-likeness (QED) is 0.594. The number of carboxylic acid groups (broad SMARTS) is 1. The minimum Gasteiger partial charge on any atom is -0.465 e. The second-order valence-electron chi connectivity index (χ2n) is 7.05. The summed E-state index contributed by atoms with van der Waals surface area (Å²) in [4.78, 5) is 34.1. The number of likely N-dealkylation sites (tertiary alicyclic amines) is 1. The van der Waals surface area contributed by atoms with Gasteiger partial charge < -0.3 is 25.0 Å². The number of piperidine rings is 1. The first-order valence-corrected chi connectivity index (χ1v) is 9.72. The first kappa shape index (κ1) is 17.1. The number of nitrogens with one attached hydrogen (secondary N) is 2. The molecule has 2 aliphatic heterocycles. The van der Waals surface area contributed by atoms with Gasteiger partial charge in [-0.15, -0.1) is 0 Å². The Balaban J connectivity index is 1.57. The van der Waals surface area contributed by atoms with Crippen molar-refractivity contribution in [2.24, 2.45) is 11.8 Å². The van der Waals surface area contributed by atoms with E-state index in [1.165, 1.54) is 0 Å². The van der Waals surface area contributed by atoms with Crippen molar-refractivity contribution in [3.05, 3.63) is 15.7 Å². The fourth-order valence-electron chi connectivity index (χ4n) is 4.22. The maximum atomic E-state index is 13.3. The van der Waals surface area contributed by atoms with Crippen molar-refractivity contribution < 1.29 is 19.4 Å². The lowest BCUT2D eigenvalue weighted by molar-refractivity contribution is -0.138. The fourth-order valence-corrected chi connectivity index (χ4v) is 4.64. The Morgan fingerprint density at radius 1 is 1.40 bits per heavy atom. The second-order valence-corrected chi connectivity index (χ2v) is 8.22. The predicted molar refractivity (Wildman–Crippen MR) is 95.9 cm³/mol. The number of rotatable bonds is 4. The largest absolute Gasteiger partial charge is 0.465 e. The molecule has 0 unspecified atom stereocenters. The summed E-state index contributed by atoms with van der Waals surface area (Å²) in [6, 6.07) is -0.576. The van der Waals surface area contributed by atoms with E-state index in [1.54, 1.807) is 6.20 Å². The highest BCUT2D eigenvalue weighted by Gasteiger charge is 2.56. The van der Waals surface area contributed by atoms with E-state index in [0.29, 0.717) is 32.0 Å². The zero-order chi connectivity index (χ0) is 17.6. The molecule has 2 amide bonds. The molecule has 4 rings (SSSR count). The average molecular weight is 460 g/mol. The first-order valence-electron chi connectivity index (χ1n) is 8.64. The predicted octanol–water partition coefficient (Wildman–Crippen LogP) is 1.74. The fraction of sp³-hybridized carbons (Fsp3) is 0.688. The number of halogens is 1. The number of hydrogen-bond acceptors (Lipinski definition) is 4. The number of H-pyrrole nitrogens is 1. The number of amides is 2. The number of nitrogens with zero attached hydrogens (tertiary/aromatic N) is 2. The zero-order valence-electron chi connectivity index (χ0n) is 13.7. The van der Waals surface area contributed by atoms with Crippen LogP contribution in [0.3, 0.4) is 0 Å². The van der Waals surface area contributed by atoms with Crippen molar-refractivity contribution in [2.75, 3.05) is 13.2 Å². The van der Waals surface area contributed by atoms with Crippen LogP contribution < -0.4 is 5.32 Å². The molecule has 2 saturated heterocycles.